The molecule has 2 N–H and O–H groups in total. The highest BCUT2D eigenvalue weighted by molar-refractivity contribution is 5.31. The molecule has 0 aromatic carbocycles. The van der Waals surface area contributed by atoms with Crippen LogP contribution in [0.15, 0.2) is 4.52 Å². The maximum atomic E-state index is 5.37. The molecule has 1 aromatic rings. The molecular formula is C5H9N3O. The van der Waals surface area contributed by atoms with E-state index in [0.717, 1.165) is 0 Å². The van der Waals surface area contributed by atoms with E-state index in [0.29, 0.717) is 11.6 Å². The second-order valence-electron chi connectivity index (χ2n) is 2.18. The van der Waals surface area contributed by atoms with E-state index in [-0.39, 0.29) is 5.92 Å². The summed E-state index contributed by atoms with van der Waals surface area (Å²) in [5.41, 5.74) is 5.37. The zero-order chi connectivity index (χ0) is 6.85. The molecule has 0 spiro atoms. The molecule has 0 aliphatic heterocycles. The van der Waals surface area contributed by atoms with E-state index < -0.39 is 0 Å². The van der Waals surface area contributed by atoms with Gasteiger partial charge in [0.1, 0.15) is 0 Å². The minimum Gasteiger partial charge on any atom is -0.379 e. The Bertz CT molecular complexity index is 194. The molecule has 9 heavy (non-hydrogen) atoms. The molecule has 4 nitrogen and oxygen atoms in total. The second kappa shape index (κ2) is 2.05. The third kappa shape index (κ3) is 1.01. The summed E-state index contributed by atoms with van der Waals surface area (Å²) in [6, 6.07) is 0. The highest BCUT2D eigenvalue weighted by Crippen LogP contribution is 2.17. The summed E-state index contributed by atoms with van der Waals surface area (Å²) >= 11 is 0. The highest BCUT2D eigenvalue weighted by Gasteiger charge is 2.09. The summed E-state index contributed by atoms with van der Waals surface area (Å²) in [7, 11) is 0. The maximum Gasteiger partial charge on any atom is 0.191 e. The van der Waals surface area contributed by atoms with Crippen LogP contribution in [0.5, 0.6) is 0 Å². The van der Waals surface area contributed by atoms with Crippen molar-refractivity contribution in [3.63, 3.8) is 0 Å². The van der Waals surface area contributed by atoms with Gasteiger partial charge in [-0.05, 0) is 0 Å². The summed E-state index contributed by atoms with van der Waals surface area (Å²) in [5.74, 6) is 1.32. The van der Waals surface area contributed by atoms with Crippen LogP contribution in [-0.4, -0.2) is 10.4 Å². The number of aromatic nitrogens is 2. The number of anilines is 1. The third-order valence-corrected chi connectivity index (χ3v) is 1.06. The van der Waals surface area contributed by atoms with Crippen molar-refractivity contribution in [3.8, 4) is 0 Å². The van der Waals surface area contributed by atoms with Gasteiger partial charge >= 0.3 is 0 Å². The lowest BCUT2D eigenvalue weighted by molar-refractivity contribution is 0.352. The predicted octanol–water partition coefficient (Wildman–Crippen LogP) is 0.775. The number of rotatable bonds is 1. The van der Waals surface area contributed by atoms with Crippen LogP contribution in [0.25, 0.3) is 0 Å². The fourth-order valence-corrected chi connectivity index (χ4v) is 0.606. The number of nitrogens with zero attached hydrogens (tertiary/aromatic N) is 2. The Hall–Kier alpha value is -1.06. The van der Waals surface area contributed by atoms with Crippen LogP contribution in [0.1, 0.15) is 25.5 Å². The molecule has 4 heteroatoms. The molecule has 0 atom stereocenters. The molecule has 0 radical (unpaired) electrons. The number of hydrogen-bond donors (Lipinski definition) is 1. The van der Waals surface area contributed by atoms with Crippen molar-refractivity contribution < 1.29 is 4.52 Å². The maximum absolute atomic E-state index is 5.37. The number of nitrogens with two attached hydrogens (primary N) is 1. The molecule has 1 heterocycles. The van der Waals surface area contributed by atoms with Crippen LogP contribution in [0, 0.1) is 0 Å². The summed E-state index contributed by atoms with van der Waals surface area (Å²) < 4.78 is 4.74. The lowest BCUT2D eigenvalue weighted by Gasteiger charge is -1.94. The summed E-state index contributed by atoms with van der Waals surface area (Å²) in [4.78, 5) is 0. The minimum absolute atomic E-state index is 0.264. The van der Waals surface area contributed by atoms with Gasteiger partial charge in [0.2, 0.25) is 0 Å². The first kappa shape index (κ1) is 6.07. The Labute approximate surface area is 53.0 Å². The molecule has 0 unspecified atom stereocenters. The second-order valence-corrected chi connectivity index (χ2v) is 2.18. The van der Waals surface area contributed by atoms with E-state index in [2.05, 4.69) is 10.4 Å². The fourth-order valence-electron chi connectivity index (χ4n) is 0.606. The first-order chi connectivity index (χ1) is 4.22. The van der Waals surface area contributed by atoms with Crippen LogP contribution in [-0.2, 0) is 0 Å². The van der Waals surface area contributed by atoms with Crippen molar-refractivity contribution in [2.75, 3.05) is 5.73 Å². The van der Waals surface area contributed by atoms with Crippen molar-refractivity contribution in [2.24, 2.45) is 0 Å². The zero-order valence-corrected chi connectivity index (χ0v) is 5.46. The molecule has 0 saturated heterocycles. The van der Waals surface area contributed by atoms with E-state index in [4.69, 9.17) is 10.3 Å². The van der Waals surface area contributed by atoms with Crippen LogP contribution in [0.2, 0.25) is 0 Å². The van der Waals surface area contributed by atoms with E-state index in [1.165, 1.54) is 0 Å². The van der Waals surface area contributed by atoms with Gasteiger partial charge in [-0.25, -0.2) is 0 Å². The lowest BCUT2D eigenvalue weighted by Crippen LogP contribution is -1.92. The smallest absolute Gasteiger partial charge is 0.191 e. The Morgan fingerprint density at radius 1 is 1.56 bits per heavy atom. The first-order valence-corrected chi connectivity index (χ1v) is 2.79. The average Bonchev–Trinajstić information content (AvgIpc) is 2.13. The number of hydrogen-bond acceptors (Lipinski definition) is 4. The molecular weight excluding hydrogens is 118 g/mol. The normalized spacial score (nSPS) is 10.6. The quantitative estimate of drug-likeness (QED) is 0.605. The van der Waals surface area contributed by atoms with Gasteiger partial charge in [0.25, 0.3) is 0 Å². The third-order valence-electron chi connectivity index (χ3n) is 1.06. The first-order valence-electron chi connectivity index (χ1n) is 2.79. The van der Waals surface area contributed by atoms with Crippen molar-refractivity contribution in [2.45, 2.75) is 19.8 Å². The van der Waals surface area contributed by atoms with Gasteiger partial charge in [-0.2, -0.15) is 0 Å². The van der Waals surface area contributed by atoms with E-state index in [1.54, 1.807) is 0 Å². The topological polar surface area (TPSA) is 64.9 Å². The predicted molar refractivity (Wildman–Crippen MR) is 32.8 cm³/mol. The Balaban J connectivity index is 2.94. The average molecular weight is 127 g/mol. The standard InChI is InChI=1S/C5H9N3O/c1-3(2)4-5(6)7-8-9-4/h3H,6H2,1-2H3. The molecule has 0 amide bonds. The summed E-state index contributed by atoms with van der Waals surface area (Å²) in [6.45, 7) is 3.94. The zero-order valence-electron chi connectivity index (χ0n) is 5.46. The Morgan fingerprint density at radius 3 is 2.44 bits per heavy atom. The molecule has 0 aliphatic carbocycles. The van der Waals surface area contributed by atoms with Gasteiger partial charge in [-0.1, -0.05) is 18.9 Å². The van der Waals surface area contributed by atoms with Crippen molar-refractivity contribution >= 4 is 5.82 Å². The molecule has 1 rings (SSSR count). The van der Waals surface area contributed by atoms with Gasteiger partial charge in [0.15, 0.2) is 11.6 Å². The van der Waals surface area contributed by atoms with Crippen molar-refractivity contribution in [1.82, 2.24) is 10.4 Å². The molecule has 0 aliphatic rings. The molecule has 0 fully saturated rings. The fraction of sp³-hybridized carbons (Fsp3) is 0.600. The molecule has 1 aromatic heterocycles. The van der Waals surface area contributed by atoms with E-state index in [1.807, 2.05) is 13.8 Å². The van der Waals surface area contributed by atoms with Gasteiger partial charge in [0, 0.05) is 11.2 Å². The molecule has 50 valence electrons. The van der Waals surface area contributed by atoms with Crippen LogP contribution >= 0.6 is 0 Å². The monoisotopic (exact) mass is 127 g/mol. The molecule has 0 saturated carbocycles. The SMILES string of the molecule is CC(C)c1onnc1N. The minimum atomic E-state index is 0.264. The summed E-state index contributed by atoms with van der Waals surface area (Å²) in [6.07, 6.45) is 0. The van der Waals surface area contributed by atoms with E-state index in [9.17, 15) is 0 Å². The van der Waals surface area contributed by atoms with Crippen molar-refractivity contribution in [1.29, 1.82) is 0 Å². The van der Waals surface area contributed by atoms with Gasteiger partial charge in [-0.3, -0.25) is 0 Å². The van der Waals surface area contributed by atoms with E-state index >= 15 is 0 Å². The summed E-state index contributed by atoms with van der Waals surface area (Å²) in [5, 5.41) is 6.79. The van der Waals surface area contributed by atoms with Crippen LogP contribution < -0.4 is 5.73 Å². The Morgan fingerprint density at radius 2 is 2.22 bits per heavy atom. The highest BCUT2D eigenvalue weighted by atomic mass is 16.5. The lowest BCUT2D eigenvalue weighted by atomic mass is 10.2. The Kier molecular flexibility index (Phi) is 1.38. The van der Waals surface area contributed by atoms with Gasteiger partial charge in [0.05, 0.1) is 0 Å². The van der Waals surface area contributed by atoms with Crippen LogP contribution in [0.4, 0.5) is 5.82 Å². The van der Waals surface area contributed by atoms with Gasteiger partial charge in [-0.15, -0.1) is 0 Å². The van der Waals surface area contributed by atoms with Crippen LogP contribution in [0.3, 0.4) is 0 Å². The van der Waals surface area contributed by atoms with Crippen molar-refractivity contribution in [3.05, 3.63) is 5.76 Å². The number of nitrogen functional groups attached to an aromatic ring is 1. The molecule has 0 bridgehead atoms. The largest absolute Gasteiger partial charge is 0.379 e. The van der Waals surface area contributed by atoms with Gasteiger partial charge < -0.3 is 10.3 Å².